The number of nitrogen functional groups attached to an aromatic ring is 1. The number of piperidine rings is 1. The van der Waals surface area contributed by atoms with Crippen LogP contribution in [-0.2, 0) is 0 Å². The van der Waals surface area contributed by atoms with Gasteiger partial charge in [-0.05, 0) is 25.0 Å². The number of imidazole rings is 1. The van der Waals surface area contributed by atoms with Crippen molar-refractivity contribution in [3.8, 4) is 0 Å². The number of nitro groups is 1. The number of aromatic amines is 1. The van der Waals surface area contributed by atoms with Crippen LogP contribution in [-0.4, -0.2) is 37.9 Å². The van der Waals surface area contributed by atoms with Gasteiger partial charge in [-0.1, -0.05) is 12.1 Å². The summed E-state index contributed by atoms with van der Waals surface area (Å²) in [6, 6.07) is 7.99. The first-order valence-corrected chi connectivity index (χ1v) is 8.08. The van der Waals surface area contributed by atoms with E-state index < -0.39 is 4.92 Å². The van der Waals surface area contributed by atoms with Crippen molar-refractivity contribution in [3.05, 3.63) is 46.4 Å². The Morgan fingerprint density at radius 1 is 1.24 bits per heavy atom. The predicted molar refractivity (Wildman–Crippen MR) is 93.4 cm³/mol. The second kappa shape index (κ2) is 6.00. The third-order valence-electron chi connectivity index (χ3n) is 4.55. The van der Waals surface area contributed by atoms with Gasteiger partial charge in [-0.25, -0.2) is 9.97 Å². The van der Waals surface area contributed by atoms with E-state index in [0.717, 1.165) is 42.8 Å². The molecular weight excluding hydrogens is 322 g/mol. The van der Waals surface area contributed by atoms with Crippen LogP contribution in [0.15, 0.2) is 30.5 Å². The lowest BCUT2D eigenvalue weighted by molar-refractivity contribution is -0.384. The minimum absolute atomic E-state index is 0.102. The number of aromatic nitrogens is 4. The summed E-state index contributed by atoms with van der Waals surface area (Å²) in [6.45, 7) is 1.50. The van der Waals surface area contributed by atoms with Crippen molar-refractivity contribution < 1.29 is 4.92 Å². The molecule has 9 nitrogen and oxygen atoms in total. The molecule has 0 spiro atoms. The lowest BCUT2D eigenvalue weighted by Gasteiger charge is -2.31. The van der Waals surface area contributed by atoms with E-state index >= 15 is 0 Å². The number of para-hydroxylation sites is 2. The summed E-state index contributed by atoms with van der Waals surface area (Å²) in [5, 5.41) is 10.8. The molecule has 0 aliphatic carbocycles. The lowest BCUT2D eigenvalue weighted by Crippen LogP contribution is -2.34. The van der Waals surface area contributed by atoms with E-state index in [4.69, 9.17) is 5.73 Å². The van der Waals surface area contributed by atoms with Crippen LogP contribution >= 0.6 is 0 Å². The van der Waals surface area contributed by atoms with Crippen LogP contribution in [0.2, 0.25) is 0 Å². The molecule has 1 saturated heterocycles. The Morgan fingerprint density at radius 3 is 2.68 bits per heavy atom. The van der Waals surface area contributed by atoms with Crippen LogP contribution in [0.25, 0.3) is 11.0 Å². The molecule has 1 fully saturated rings. The number of rotatable bonds is 3. The fourth-order valence-electron chi connectivity index (χ4n) is 3.19. The molecule has 0 amide bonds. The number of benzene rings is 1. The quantitative estimate of drug-likeness (QED) is 0.553. The molecule has 9 heteroatoms. The minimum Gasteiger partial charge on any atom is -0.378 e. The van der Waals surface area contributed by atoms with Crippen molar-refractivity contribution in [1.82, 2.24) is 19.9 Å². The number of hydrogen-bond acceptors (Lipinski definition) is 7. The van der Waals surface area contributed by atoms with E-state index in [2.05, 4.69) is 19.9 Å². The van der Waals surface area contributed by atoms with Crippen LogP contribution in [0.1, 0.15) is 24.6 Å². The summed E-state index contributed by atoms with van der Waals surface area (Å²) in [7, 11) is 0. The molecule has 3 aromatic rings. The zero-order valence-electron chi connectivity index (χ0n) is 13.4. The first-order chi connectivity index (χ1) is 12.1. The van der Waals surface area contributed by atoms with Gasteiger partial charge < -0.3 is 15.6 Å². The van der Waals surface area contributed by atoms with E-state index in [1.165, 1.54) is 6.20 Å². The maximum atomic E-state index is 10.8. The zero-order valence-corrected chi connectivity index (χ0v) is 13.4. The smallest absolute Gasteiger partial charge is 0.329 e. The van der Waals surface area contributed by atoms with E-state index in [-0.39, 0.29) is 11.5 Å². The minimum atomic E-state index is -0.576. The third-order valence-corrected chi connectivity index (χ3v) is 4.55. The van der Waals surface area contributed by atoms with Gasteiger partial charge >= 0.3 is 5.69 Å². The molecular formula is C16H17N7O2. The van der Waals surface area contributed by atoms with Crippen molar-refractivity contribution in [2.75, 3.05) is 23.7 Å². The molecule has 1 aliphatic rings. The van der Waals surface area contributed by atoms with Crippen LogP contribution in [0, 0.1) is 10.1 Å². The highest BCUT2D eigenvalue weighted by molar-refractivity contribution is 5.74. The average Bonchev–Trinajstić information content (AvgIpc) is 3.05. The third kappa shape index (κ3) is 2.84. The maximum absolute atomic E-state index is 10.8. The topological polar surface area (TPSA) is 127 Å². The van der Waals surface area contributed by atoms with Crippen LogP contribution in [0.5, 0.6) is 0 Å². The van der Waals surface area contributed by atoms with Crippen molar-refractivity contribution in [2.45, 2.75) is 18.8 Å². The second-order valence-electron chi connectivity index (χ2n) is 6.10. The number of nitrogens with zero attached hydrogens (tertiary/aromatic N) is 5. The van der Waals surface area contributed by atoms with E-state index in [1.54, 1.807) is 0 Å². The van der Waals surface area contributed by atoms with Gasteiger partial charge in [0.1, 0.15) is 12.0 Å². The van der Waals surface area contributed by atoms with Crippen LogP contribution < -0.4 is 10.6 Å². The highest BCUT2D eigenvalue weighted by Gasteiger charge is 2.25. The van der Waals surface area contributed by atoms with Gasteiger partial charge in [0, 0.05) is 19.0 Å². The summed E-state index contributed by atoms with van der Waals surface area (Å²) in [5.74, 6) is 1.68. The van der Waals surface area contributed by atoms with Gasteiger partial charge in [0.05, 0.1) is 16.0 Å². The number of nitrogens with one attached hydrogen (secondary N) is 1. The number of nitrogens with two attached hydrogens (primary N) is 1. The summed E-state index contributed by atoms with van der Waals surface area (Å²) in [5.41, 5.74) is 7.42. The molecule has 3 heterocycles. The molecule has 1 aromatic carbocycles. The Bertz CT molecular complexity index is 898. The summed E-state index contributed by atoms with van der Waals surface area (Å²) < 4.78 is 0. The average molecular weight is 339 g/mol. The molecule has 128 valence electrons. The Hall–Kier alpha value is -3.23. The first kappa shape index (κ1) is 15.3. The summed E-state index contributed by atoms with van der Waals surface area (Å²) in [4.78, 5) is 28.5. The summed E-state index contributed by atoms with van der Waals surface area (Å²) in [6.07, 6.45) is 2.98. The Morgan fingerprint density at radius 2 is 2.00 bits per heavy atom. The highest BCUT2D eigenvalue weighted by atomic mass is 16.6. The van der Waals surface area contributed by atoms with Gasteiger partial charge in [-0.3, -0.25) is 10.1 Å². The van der Waals surface area contributed by atoms with Crippen LogP contribution in [0.4, 0.5) is 17.5 Å². The normalized spacial score (nSPS) is 15.6. The second-order valence-corrected chi connectivity index (χ2v) is 6.10. The molecule has 25 heavy (non-hydrogen) atoms. The Balaban J connectivity index is 1.47. The fraction of sp³-hybridized carbons (Fsp3) is 0.312. The molecule has 3 N–H and O–H groups in total. The fourth-order valence-corrected chi connectivity index (χ4v) is 3.19. The van der Waals surface area contributed by atoms with Crippen molar-refractivity contribution in [1.29, 1.82) is 0 Å². The monoisotopic (exact) mass is 339 g/mol. The van der Waals surface area contributed by atoms with E-state index in [1.807, 2.05) is 29.2 Å². The number of anilines is 2. The van der Waals surface area contributed by atoms with Gasteiger partial charge in [0.2, 0.25) is 11.8 Å². The predicted octanol–water partition coefficient (Wildman–Crippen LogP) is 2.23. The molecule has 0 atom stereocenters. The zero-order chi connectivity index (χ0) is 17.4. The first-order valence-electron chi connectivity index (χ1n) is 8.08. The van der Waals surface area contributed by atoms with Gasteiger partial charge in [-0.2, -0.15) is 4.98 Å². The maximum Gasteiger partial charge on any atom is 0.329 e. The molecule has 2 aromatic heterocycles. The SMILES string of the molecule is Nc1nc(N2CCC(c3nc4ccccc4[nH]3)CC2)ncc1[N+](=O)[O-]. The van der Waals surface area contributed by atoms with Crippen molar-refractivity contribution in [3.63, 3.8) is 0 Å². The number of hydrogen-bond donors (Lipinski definition) is 2. The van der Waals surface area contributed by atoms with Gasteiger partial charge in [0.15, 0.2) is 0 Å². The van der Waals surface area contributed by atoms with Gasteiger partial charge in [-0.15, -0.1) is 0 Å². The molecule has 1 aliphatic heterocycles. The van der Waals surface area contributed by atoms with Crippen molar-refractivity contribution in [2.24, 2.45) is 0 Å². The molecule has 0 bridgehead atoms. The number of H-pyrrole nitrogens is 1. The summed E-state index contributed by atoms with van der Waals surface area (Å²) >= 11 is 0. The van der Waals surface area contributed by atoms with E-state index in [0.29, 0.717) is 11.9 Å². The molecule has 0 saturated carbocycles. The standard InChI is InChI=1S/C16H17N7O2/c17-14-13(23(24)25)9-18-16(21-14)22-7-5-10(6-8-22)15-19-11-3-1-2-4-12(11)20-15/h1-4,9-10H,5-8H2,(H,19,20)(H2,17,18,21). The van der Waals surface area contributed by atoms with Gasteiger partial charge in [0.25, 0.3) is 0 Å². The van der Waals surface area contributed by atoms with E-state index in [9.17, 15) is 10.1 Å². The molecule has 4 rings (SSSR count). The molecule has 0 unspecified atom stereocenters. The van der Waals surface area contributed by atoms with Crippen LogP contribution in [0.3, 0.4) is 0 Å². The Kier molecular flexibility index (Phi) is 3.68. The largest absolute Gasteiger partial charge is 0.378 e. The molecule has 0 radical (unpaired) electrons. The Labute approximate surface area is 143 Å². The highest BCUT2D eigenvalue weighted by Crippen LogP contribution is 2.30. The number of fused-ring (bicyclic) bond motifs is 1. The lowest BCUT2D eigenvalue weighted by atomic mass is 9.96. The van der Waals surface area contributed by atoms with Crippen molar-refractivity contribution >= 4 is 28.5 Å².